The Balaban J connectivity index is 1.95. The molecule has 2 aromatic carbocycles. The van der Waals surface area contributed by atoms with Gasteiger partial charge in [0.1, 0.15) is 5.75 Å². The molecule has 0 heterocycles. The maximum Gasteiger partial charge on any atom is 0.253 e. The van der Waals surface area contributed by atoms with Gasteiger partial charge in [0.05, 0.1) is 24.8 Å². The third-order valence-electron chi connectivity index (χ3n) is 3.42. The van der Waals surface area contributed by atoms with Gasteiger partial charge in [-0.2, -0.15) is 0 Å². The van der Waals surface area contributed by atoms with Crippen LogP contribution in [0.15, 0.2) is 48.5 Å². The van der Waals surface area contributed by atoms with E-state index in [-0.39, 0.29) is 23.3 Å². The Labute approximate surface area is 151 Å². The fraction of sp³-hybridized carbons (Fsp3) is 0.167. The molecule has 0 aromatic heterocycles. The van der Waals surface area contributed by atoms with Crippen LogP contribution in [0.3, 0.4) is 0 Å². The summed E-state index contributed by atoms with van der Waals surface area (Å²) >= 11 is 5.16. The van der Waals surface area contributed by atoms with Crippen LogP contribution in [0.5, 0.6) is 5.75 Å². The number of thiocarbonyl (C=S) groups is 1. The van der Waals surface area contributed by atoms with E-state index in [1.165, 1.54) is 0 Å². The van der Waals surface area contributed by atoms with Crippen LogP contribution in [0, 0.1) is 0 Å². The number of ether oxygens (including phenoxy) is 1. The molecule has 25 heavy (non-hydrogen) atoms. The number of rotatable bonds is 5. The van der Waals surface area contributed by atoms with Crippen molar-refractivity contribution in [2.75, 3.05) is 19.5 Å². The second kappa shape index (κ2) is 8.79. The van der Waals surface area contributed by atoms with Crippen molar-refractivity contribution >= 4 is 34.8 Å². The maximum atomic E-state index is 12.1. The molecule has 2 amide bonds. The van der Waals surface area contributed by atoms with Gasteiger partial charge in [-0.05, 0) is 42.0 Å². The Morgan fingerprint density at radius 2 is 1.76 bits per heavy atom. The van der Waals surface area contributed by atoms with Crippen LogP contribution in [0.4, 0.5) is 5.69 Å². The van der Waals surface area contributed by atoms with Gasteiger partial charge in [0, 0.05) is 7.05 Å². The van der Waals surface area contributed by atoms with E-state index in [1.807, 2.05) is 12.1 Å². The molecule has 0 atom stereocenters. The van der Waals surface area contributed by atoms with E-state index in [0.29, 0.717) is 11.3 Å². The van der Waals surface area contributed by atoms with Gasteiger partial charge in [-0.15, -0.1) is 0 Å². The summed E-state index contributed by atoms with van der Waals surface area (Å²) in [6, 6.07) is 14.1. The molecular weight excluding hydrogens is 338 g/mol. The van der Waals surface area contributed by atoms with Crippen LogP contribution in [0.2, 0.25) is 0 Å². The molecule has 0 radical (unpaired) electrons. The van der Waals surface area contributed by atoms with Gasteiger partial charge in [-0.1, -0.05) is 24.3 Å². The average Bonchev–Trinajstić information content (AvgIpc) is 2.62. The number of hydrogen-bond donors (Lipinski definition) is 3. The predicted molar refractivity (Wildman–Crippen MR) is 101 cm³/mol. The summed E-state index contributed by atoms with van der Waals surface area (Å²) in [5.41, 5.74) is 1.81. The molecule has 0 unspecified atom stereocenters. The summed E-state index contributed by atoms with van der Waals surface area (Å²) < 4.78 is 5.08. The van der Waals surface area contributed by atoms with E-state index in [9.17, 15) is 9.59 Å². The van der Waals surface area contributed by atoms with E-state index < -0.39 is 0 Å². The summed E-state index contributed by atoms with van der Waals surface area (Å²) in [5, 5.41) is 8.18. The van der Waals surface area contributed by atoms with Gasteiger partial charge >= 0.3 is 0 Å². The lowest BCUT2D eigenvalue weighted by atomic mass is 10.1. The average molecular weight is 357 g/mol. The van der Waals surface area contributed by atoms with E-state index in [4.69, 9.17) is 17.0 Å². The van der Waals surface area contributed by atoms with Gasteiger partial charge < -0.3 is 20.7 Å². The van der Waals surface area contributed by atoms with E-state index in [0.717, 1.165) is 11.3 Å². The highest BCUT2D eigenvalue weighted by Crippen LogP contribution is 2.15. The highest BCUT2D eigenvalue weighted by molar-refractivity contribution is 7.80. The smallest absolute Gasteiger partial charge is 0.253 e. The molecule has 130 valence electrons. The molecule has 0 aliphatic rings. The van der Waals surface area contributed by atoms with Crippen molar-refractivity contribution in [2.45, 2.75) is 6.42 Å². The van der Waals surface area contributed by atoms with Gasteiger partial charge in [0.25, 0.3) is 5.91 Å². The van der Waals surface area contributed by atoms with Gasteiger partial charge in [0.15, 0.2) is 5.11 Å². The standard InChI is InChI=1S/C18H19N3O3S/c1-19-17(23)14-5-3-4-6-15(14)20-18(25)21-16(22)11-12-7-9-13(24-2)10-8-12/h3-10H,11H2,1-2H3,(H,19,23)(H2,20,21,22,25). The Hall–Kier alpha value is -2.93. The van der Waals surface area contributed by atoms with Gasteiger partial charge in [-0.25, -0.2) is 0 Å². The normalized spacial score (nSPS) is 9.84. The molecule has 7 heteroatoms. The maximum absolute atomic E-state index is 12.1. The van der Waals surface area contributed by atoms with Gasteiger partial charge in [0.2, 0.25) is 5.91 Å². The first kappa shape index (κ1) is 18.4. The lowest BCUT2D eigenvalue weighted by Gasteiger charge is -2.12. The minimum Gasteiger partial charge on any atom is -0.497 e. The Bertz CT molecular complexity index is 775. The molecule has 0 bridgehead atoms. The number of benzene rings is 2. The number of carbonyl (C=O) groups is 2. The van der Waals surface area contributed by atoms with Crippen LogP contribution >= 0.6 is 12.2 Å². The fourth-order valence-electron chi connectivity index (χ4n) is 2.18. The third kappa shape index (κ3) is 5.29. The van der Waals surface area contributed by atoms with Crippen LogP contribution in [0.25, 0.3) is 0 Å². The number of amides is 2. The Morgan fingerprint density at radius 3 is 2.40 bits per heavy atom. The highest BCUT2D eigenvalue weighted by Gasteiger charge is 2.12. The van der Waals surface area contributed by atoms with Gasteiger partial charge in [-0.3, -0.25) is 9.59 Å². The number of nitrogens with one attached hydrogen (secondary N) is 3. The fourth-order valence-corrected chi connectivity index (χ4v) is 2.40. The molecule has 2 aromatic rings. The quantitative estimate of drug-likeness (QED) is 0.714. The summed E-state index contributed by atoms with van der Waals surface area (Å²) in [4.78, 5) is 23.9. The number of anilines is 1. The highest BCUT2D eigenvalue weighted by atomic mass is 32.1. The molecular formula is C18H19N3O3S. The number of hydrogen-bond acceptors (Lipinski definition) is 4. The van der Waals surface area contributed by atoms with E-state index >= 15 is 0 Å². The zero-order valence-electron chi connectivity index (χ0n) is 14.0. The second-order valence-corrected chi connectivity index (χ2v) is 5.56. The molecule has 2 rings (SSSR count). The largest absolute Gasteiger partial charge is 0.497 e. The molecule has 3 N–H and O–H groups in total. The van der Waals surface area contributed by atoms with Crippen LogP contribution in [-0.4, -0.2) is 31.1 Å². The number of para-hydroxylation sites is 1. The first-order valence-corrected chi connectivity index (χ1v) is 7.99. The second-order valence-electron chi connectivity index (χ2n) is 5.15. The van der Waals surface area contributed by atoms with Crippen molar-refractivity contribution < 1.29 is 14.3 Å². The van der Waals surface area contributed by atoms with Crippen LogP contribution in [0.1, 0.15) is 15.9 Å². The summed E-state index contributed by atoms with van der Waals surface area (Å²) in [6.45, 7) is 0. The lowest BCUT2D eigenvalue weighted by Crippen LogP contribution is -2.35. The summed E-state index contributed by atoms with van der Waals surface area (Å²) in [6.07, 6.45) is 0.183. The monoisotopic (exact) mass is 357 g/mol. The SMILES string of the molecule is CNC(=O)c1ccccc1NC(=S)NC(=O)Cc1ccc(OC)cc1. The number of carbonyl (C=O) groups excluding carboxylic acids is 2. The number of methoxy groups -OCH3 is 1. The summed E-state index contributed by atoms with van der Waals surface area (Å²) in [7, 11) is 3.14. The minimum absolute atomic E-state index is 0.134. The lowest BCUT2D eigenvalue weighted by molar-refractivity contribution is -0.119. The molecule has 0 aliphatic heterocycles. The van der Waals surface area contributed by atoms with Crippen molar-refractivity contribution in [2.24, 2.45) is 0 Å². The van der Waals surface area contributed by atoms with Crippen LogP contribution in [-0.2, 0) is 11.2 Å². The molecule has 0 fully saturated rings. The Kier molecular flexibility index (Phi) is 6.47. The molecule has 0 aliphatic carbocycles. The Morgan fingerprint density at radius 1 is 1.08 bits per heavy atom. The first-order chi connectivity index (χ1) is 12.0. The van der Waals surface area contributed by atoms with Crippen LogP contribution < -0.4 is 20.7 Å². The van der Waals surface area contributed by atoms with E-state index in [2.05, 4.69) is 16.0 Å². The van der Waals surface area contributed by atoms with Crippen molar-refractivity contribution in [3.8, 4) is 5.75 Å². The first-order valence-electron chi connectivity index (χ1n) is 7.58. The third-order valence-corrected chi connectivity index (χ3v) is 3.63. The molecule has 0 saturated heterocycles. The van der Waals surface area contributed by atoms with Crippen molar-refractivity contribution in [1.82, 2.24) is 10.6 Å². The van der Waals surface area contributed by atoms with Crippen molar-refractivity contribution in [3.05, 3.63) is 59.7 Å². The zero-order valence-corrected chi connectivity index (χ0v) is 14.8. The molecule has 0 saturated carbocycles. The molecule has 6 nitrogen and oxygen atoms in total. The van der Waals surface area contributed by atoms with Crippen molar-refractivity contribution in [1.29, 1.82) is 0 Å². The topological polar surface area (TPSA) is 79.5 Å². The zero-order chi connectivity index (χ0) is 18.2. The minimum atomic E-state index is -0.250. The van der Waals surface area contributed by atoms with Crippen molar-refractivity contribution in [3.63, 3.8) is 0 Å². The predicted octanol–water partition coefficient (Wildman–Crippen LogP) is 2.11. The summed E-state index contributed by atoms with van der Waals surface area (Å²) in [5.74, 6) is 0.239. The molecule has 0 spiro atoms. The van der Waals surface area contributed by atoms with E-state index in [1.54, 1.807) is 50.6 Å².